The van der Waals surface area contributed by atoms with Gasteiger partial charge in [0.05, 0.1) is 11.6 Å². The van der Waals surface area contributed by atoms with Gasteiger partial charge in [-0.3, -0.25) is 4.79 Å². The molecule has 104 valence electrons. The molecule has 1 aliphatic carbocycles. The van der Waals surface area contributed by atoms with Gasteiger partial charge in [0, 0.05) is 17.4 Å². The van der Waals surface area contributed by atoms with Gasteiger partial charge in [-0.25, -0.2) is 0 Å². The number of carbonyl (C=O) groups is 1. The third-order valence-electron chi connectivity index (χ3n) is 4.57. The van der Waals surface area contributed by atoms with E-state index in [0.29, 0.717) is 6.61 Å². The highest BCUT2D eigenvalue weighted by Crippen LogP contribution is 2.43. The van der Waals surface area contributed by atoms with Gasteiger partial charge in [-0.05, 0) is 37.1 Å². The van der Waals surface area contributed by atoms with Crippen molar-refractivity contribution in [1.29, 1.82) is 0 Å². The van der Waals surface area contributed by atoms with E-state index in [2.05, 4.69) is 0 Å². The first-order valence-corrected chi connectivity index (χ1v) is 8.05. The SMILES string of the molecule is NC(C(=O)C1CCOC2(CCCC2)C1)c1cccs1. The predicted octanol–water partition coefficient (Wildman–Crippen LogP) is 3.06. The lowest BCUT2D eigenvalue weighted by molar-refractivity contribution is -0.137. The normalized spacial score (nSPS) is 27.5. The fraction of sp³-hybridized carbons (Fsp3) is 0.667. The Morgan fingerprint density at radius 3 is 2.95 bits per heavy atom. The van der Waals surface area contributed by atoms with Crippen LogP contribution in [0.25, 0.3) is 0 Å². The molecule has 1 saturated heterocycles. The third-order valence-corrected chi connectivity index (χ3v) is 5.52. The van der Waals surface area contributed by atoms with Crippen LogP contribution < -0.4 is 5.73 Å². The van der Waals surface area contributed by atoms with Gasteiger partial charge in [0.2, 0.25) is 0 Å². The van der Waals surface area contributed by atoms with Gasteiger partial charge in [-0.15, -0.1) is 11.3 Å². The molecule has 3 nitrogen and oxygen atoms in total. The molecule has 1 aromatic heterocycles. The fourth-order valence-electron chi connectivity index (χ4n) is 3.50. The van der Waals surface area contributed by atoms with Crippen molar-refractivity contribution in [2.75, 3.05) is 6.61 Å². The van der Waals surface area contributed by atoms with Crippen molar-refractivity contribution in [3.05, 3.63) is 22.4 Å². The third kappa shape index (κ3) is 2.62. The molecule has 0 bridgehead atoms. The highest BCUT2D eigenvalue weighted by atomic mass is 32.1. The van der Waals surface area contributed by atoms with Gasteiger partial charge >= 0.3 is 0 Å². The number of ether oxygens (including phenoxy) is 1. The van der Waals surface area contributed by atoms with Gasteiger partial charge in [0.1, 0.15) is 0 Å². The maximum atomic E-state index is 12.6. The van der Waals surface area contributed by atoms with Crippen molar-refractivity contribution in [3.8, 4) is 0 Å². The summed E-state index contributed by atoms with van der Waals surface area (Å²) in [6, 6.07) is 3.47. The summed E-state index contributed by atoms with van der Waals surface area (Å²) in [5.74, 6) is 0.293. The van der Waals surface area contributed by atoms with Crippen LogP contribution in [-0.4, -0.2) is 18.0 Å². The zero-order valence-electron chi connectivity index (χ0n) is 11.1. The minimum absolute atomic E-state index is 0.00620. The first kappa shape index (κ1) is 13.3. The molecule has 2 unspecified atom stereocenters. The zero-order valence-corrected chi connectivity index (χ0v) is 12.0. The first-order valence-electron chi connectivity index (χ1n) is 7.17. The number of ketones is 1. The Morgan fingerprint density at radius 2 is 2.26 bits per heavy atom. The summed E-state index contributed by atoms with van der Waals surface area (Å²) in [5, 5.41) is 1.98. The number of Topliss-reactive ketones (excluding diaryl/α,β-unsaturated/α-hetero) is 1. The van der Waals surface area contributed by atoms with Crippen molar-refractivity contribution in [1.82, 2.24) is 0 Å². The largest absolute Gasteiger partial charge is 0.375 e. The lowest BCUT2D eigenvalue weighted by Gasteiger charge is -2.38. The average molecular weight is 279 g/mol. The van der Waals surface area contributed by atoms with E-state index >= 15 is 0 Å². The topological polar surface area (TPSA) is 52.3 Å². The minimum atomic E-state index is -0.443. The highest BCUT2D eigenvalue weighted by molar-refractivity contribution is 7.10. The Hall–Kier alpha value is -0.710. The molecule has 19 heavy (non-hydrogen) atoms. The molecule has 2 N–H and O–H groups in total. The summed E-state index contributed by atoms with van der Waals surface area (Å²) in [7, 11) is 0. The van der Waals surface area contributed by atoms with Gasteiger partial charge in [0.25, 0.3) is 0 Å². The zero-order chi connectivity index (χ0) is 13.3. The number of nitrogens with two attached hydrogens (primary N) is 1. The highest BCUT2D eigenvalue weighted by Gasteiger charge is 2.42. The van der Waals surface area contributed by atoms with E-state index < -0.39 is 6.04 Å². The molecule has 2 atom stereocenters. The van der Waals surface area contributed by atoms with E-state index in [-0.39, 0.29) is 17.3 Å². The van der Waals surface area contributed by atoms with Crippen LogP contribution in [0.15, 0.2) is 17.5 Å². The molecule has 2 heterocycles. The monoisotopic (exact) mass is 279 g/mol. The van der Waals surface area contributed by atoms with Gasteiger partial charge in [-0.2, -0.15) is 0 Å². The molecule has 1 aliphatic heterocycles. The lowest BCUT2D eigenvalue weighted by Crippen LogP contribution is -2.42. The second-order valence-corrected chi connectivity index (χ2v) is 6.80. The summed E-state index contributed by atoms with van der Waals surface area (Å²) in [4.78, 5) is 13.5. The fourth-order valence-corrected chi connectivity index (χ4v) is 4.23. The van der Waals surface area contributed by atoms with Crippen molar-refractivity contribution in [3.63, 3.8) is 0 Å². The number of hydrogen-bond acceptors (Lipinski definition) is 4. The molecule has 2 aliphatic rings. The molecule has 0 radical (unpaired) electrons. The average Bonchev–Trinajstić information content (AvgIpc) is 3.09. The molecule has 0 amide bonds. The van der Waals surface area contributed by atoms with E-state index in [1.165, 1.54) is 12.8 Å². The molecule has 1 aromatic rings. The smallest absolute Gasteiger partial charge is 0.158 e. The van der Waals surface area contributed by atoms with Crippen molar-refractivity contribution in [2.24, 2.45) is 11.7 Å². The summed E-state index contributed by atoms with van der Waals surface area (Å²) in [5.41, 5.74) is 6.11. The molecular weight excluding hydrogens is 258 g/mol. The van der Waals surface area contributed by atoms with Crippen LogP contribution in [-0.2, 0) is 9.53 Å². The molecule has 4 heteroatoms. The van der Waals surface area contributed by atoms with Gasteiger partial charge in [0.15, 0.2) is 5.78 Å². The van der Waals surface area contributed by atoms with Crippen LogP contribution in [0.2, 0.25) is 0 Å². The number of thiophene rings is 1. The van der Waals surface area contributed by atoms with Crippen molar-refractivity contribution >= 4 is 17.1 Å². The van der Waals surface area contributed by atoms with Crippen LogP contribution in [0, 0.1) is 5.92 Å². The Morgan fingerprint density at radius 1 is 1.47 bits per heavy atom. The second kappa shape index (κ2) is 5.35. The first-order chi connectivity index (χ1) is 9.20. The maximum Gasteiger partial charge on any atom is 0.158 e. The van der Waals surface area contributed by atoms with Crippen LogP contribution in [0.1, 0.15) is 49.4 Å². The number of rotatable bonds is 3. The Kier molecular flexibility index (Phi) is 3.74. The van der Waals surface area contributed by atoms with Crippen molar-refractivity contribution < 1.29 is 9.53 Å². The van der Waals surface area contributed by atoms with E-state index in [1.807, 2.05) is 17.5 Å². The quantitative estimate of drug-likeness (QED) is 0.925. The lowest BCUT2D eigenvalue weighted by atomic mass is 9.80. The van der Waals surface area contributed by atoms with Crippen LogP contribution in [0.4, 0.5) is 0 Å². The molecular formula is C15H21NO2S. The standard InChI is InChI=1S/C15H21NO2S/c16-13(12-4-3-9-19-12)14(17)11-5-8-18-15(10-11)6-1-2-7-15/h3-4,9,11,13H,1-2,5-8,10,16H2. The summed E-state index contributed by atoms with van der Waals surface area (Å²) < 4.78 is 5.99. The predicted molar refractivity (Wildman–Crippen MR) is 76.1 cm³/mol. The Balaban J connectivity index is 1.69. The molecule has 1 saturated carbocycles. The molecule has 0 aromatic carbocycles. The van der Waals surface area contributed by atoms with E-state index in [9.17, 15) is 4.79 Å². The van der Waals surface area contributed by atoms with E-state index in [4.69, 9.17) is 10.5 Å². The summed E-state index contributed by atoms with van der Waals surface area (Å²) in [6.45, 7) is 0.716. The summed E-state index contributed by atoms with van der Waals surface area (Å²) in [6.07, 6.45) is 6.41. The van der Waals surface area contributed by atoms with Crippen LogP contribution >= 0.6 is 11.3 Å². The molecule has 3 rings (SSSR count). The minimum Gasteiger partial charge on any atom is -0.375 e. The Labute approximate surface area is 118 Å². The second-order valence-electron chi connectivity index (χ2n) is 5.82. The van der Waals surface area contributed by atoms with Crippen LogP contribution in [0.3, 0.4) is 0 Å². The summed E-state index contributed by atoms with van der Waals surface area (Å²) >= 11 is 1.57. The van der Waals surface area contributed by atoms with Gasteiger partial charge in [-0.1, -0.05) is 18.9 Å². The number of carbonyl (C=O) groups excluding carboxylic acids is 1. The van der Waals surface area contributed by atoms with Crippen LogP contribution in [0.5, 0.6) is 0 Å². The molecule has 1 spiro atoms. The maximum absolute atomic E-state index is 12.6. The van der Waals surface area contributed by atoms with E-state index in [0.717, 1.165) is 30.6 Å². The van der Waals surface area contributed by atoms with Crippen molar-refractivity contribution in [2.45, 2.75) is 50.2 Å². The van der Waals surface area contributed by atoms with Gasteiger partial charge < -0.3 is 10.5 Å². The Bertz CT molecular complexity index is 437. The molecule has 2 fully saturated rings. The number of hydrogen-bond donors (Lipinski definition) is 1. The van der Waals surface area contributed by atoms with E-state index in [1.54, 1.807) is 11.3 Å².